The molecule has 4 N–H and O–H groups in total. The van der Waals surface area contributed by atoms with Crippen molar-refractivity contribution in [3.8, 4) is 0 Å². The van der Waals surface area contributed by atoms with Gasteiger partial charge in [-0.25, -0.2) is 17.2 Å². The van der Waals surface area contributed by atoms with E-state index in [1.807, 2.05) is 6.92 Å². The molecule has 38 heavy (non-hydrogen) atoms. The van der Waals surface area contributed by atoms with Gasteiger partial charge in [0, 0.05) is 37.1 Å². The second-order valence-electron chi connectivity index (χ2n) is 9.67. The molecule has 3 atom stereocenters. The van der Waals surface area contributed by atoms with E-state index in [-0.39, 0.29) is 35.9 Å². The van der Waals surface area contributed by atoms with Gasteiger partial charge in [-0.1, -0.05) is 13.3 Å². The van der Waals surface area contributed by atoms with Crippen molar-refractivity contribution in [1.29, 1.82) is 0 Å². The summed E-state index contributed by atoms with van der Waals surface area (Å²) >= 11 is 0. The zero-order valence-corrected chi connectivity index (χ0v) is 22.0. The maximum atomic E-state index is 13.6. The Morgan fingerprint density at radius 3 is 2.50 bits per heavy atom. The van der Waals surface area contributed by atoms with Gasteiger partial charge >= 0.3 is 0 Å². The van der Waals surface area contributed by atoms with E-state index in [0.717, 1.165) is 18.2 Å². The molecule has 0 radical (unpaired) electrons. The van der Waals surface area contributed by atoms with Gasteiger partial charge in [0.1, 0.15) is 17.7 Å². The van der Waals surface area contributed by atoms with Crippen molar-refractivity contribution in [2.24, 2.45) is 5.73 Å². The van der Waals surface area contributed by atoms with E-state index in [0.29, 0.717) is 25.7 Å². The first-order valence-electron chi connectivity index (χ1n) is 12.6. The number of aromatic nitrogens is 1. The molecule has 1 aliphatic rings. The first-order chi connectivity index (χ1) is 18.0. The minimum Gasteiger partial charge on any atom is -0.390 e. The number of carbonyl (C=O) groups excluding carboxylic acids is 2. The lowest BCUT2D eigenvalue weighted by molar-refractivity contribution is -0.135. The number of aliphatic hydroxyl groups is 1. The van der Waals surface area contributed by atoms with Gasteiger partial charge < -0.3 is 21.1 Å². The van der Waals surface area contributed by atoms with Crippen molar-refractivity contribution < 1.29 is 31.9 Å². The molecule has 0 spiro atoms. The minimum absolute atomic E-state index is 0.0465. The van der Waals surface area contributed by atoms with E-state index in [9.17, 15) is 31.9 Å². The highest BCUT2D eigenvalue weighted by Crippen LogP contribution is 2.28. The van der Waals surface area contributed by atoms with Gasteiger partial charge in [0.15, 0.2) is 9.84 Å². The third-order valence-electron chi connectivity index (χ3n) is 6.30. The Morgan fingerprint density at radius 2 is 1.92 bits per heavy atom. The summed E-state index contributed by atoms with van der Waals surface area (Å²) in [5.74, 6) is -3.56. The molecular formula is C26H34F2N4O5S. The Hall–Kier alpha value is -2.96. The van der Waals surface area contributed by atoms with Gasteiger partial charge in [-0.15, -0.1) is 0 Å². The summed E-state index contributed by atoms with van der Waals surface area (Å²) < 4.78 is 52.6. The molecule has 1 fully saturated rings. The predicted octanol–water partition coefficient (Wildman–Crippen LogP) is 1.60. The first-order valence-corrected chi connectivity index (χ1v) is 14.4. The number of carbonyl (C=O) groups is 2. The molecule has 0 unspecified atom stereocenters. The maximum absolute atomic E-state index is 13.6. The summed E-state index contributed by atoms with van der Waals surface area (Å²) in [6, 6.07) is 3.41. The van der Waals surface area contributed by atoms with Crippen molar-refractivity contribution in [3.63, 3.8) is 0 Å². The van der Waals surface area contributed by atoms with E-state index in [1.165, 1.54) is 23.4 Å². The number of rotatable bonds is 14. The smallest absolute Gasteiger partial charge is 0.253 e. The highest BCUT2D eigenvalue weighted by atomic mass is 32.2. The third-order valence-corrected chi connectivity index (χ3v) is 8.05. The monoisotopic (exact) mass is 552 g/mol. The average Bonchev–Trinajstić information content (AvgIpc) is 3.70. The van der Waals surface area contributed by atoms with Crippen LogP contribution in [0.1, 0.15) is 48.5 Å². The van der Waals surface area contributed by atoms with E-state index in [2.05, 4.69) is 10.3 Å². The zero-order valence-electron chi connectivity index (χ0n) is 21.2. The lowest BCUT2D eigenvalue weighted by atomic mass is 10.0. The quantitative estimate of drug-likeness (QED) is 0.323. The number of halogens is 2. The number of aliphatic hydroxyl groups excluding tert-OH is 1. The molecule has 1 aliphatic carbocycles. The van der Waals surface area contributed by atoms with Crippen LogP contribution in [0.25, 0.3) is 0 Å². The molecule has 0 saturated heterocycles. The van der Waals surface area contributed by atoms with Gasteiger partial charge in [-0.2, -0.15) is 0 Å². The lowest BCUT2D eigenvalue weighted by Crippen LogP contribution is -2.55. The molecular weight excluding hydrogens is 518 g/mol. The maximum Gasteiger partial charge on any atom is 0.253 e. The van der Waals surface area contributed by atoms with Crippen LogP contribution in [-0.4, -0.2) is 77.5 Å². The van der Waals surface area contributed by atoms with E-state index >= 15 is 0 Å². The number of benzene rings is 1. The number of amides is 2. The van der Waals surface area contributed by atoms with Crippen LogP contribution in [0.4, 0.5) is 8.78 Å². The van der Waals surface area contributed by atoms with Crippen molar-refractivity contribution in [1.82, 2.24) is 15.2 Å². The summed E-state index contributed by atoms with van der Waals surface area (Å²) in [6.45, 7) is 1.62. The molecule has 1 aromatic carbocycles. The van der Waals surface area contributed by atoms with Gasteiger partial charge in [0.2, 0.25) is 5.91 Å². The summed E-state index contributed by atoms with van der Waals surface area (Å²) in [4.78, 5) is 31.7. The Bertz CT molecular complexity index is 1190. The Kier molecular flexibility index (Phi) is 10.3. The third kappa shape index (κ3) is 8.81. The van der Waals surface area contributed by atoms with Crippen LogP contribution in [0.15, 0.2) is 42.7 Å². The molecule has 208 valence electrons. The van der Waals surface area contributed by atoms with E-state index < -0.39 is 57.2 Å². The summed E-state index contributed by atoms with van der Waals surface area (Å²) in [5, 5.41) is 13.3. The Labute approximate surface area is 221 Å². The van der Waals surface area contributed by atoms with Crippen LogP contribution in [-0.2, 0) is 21.1 Å². The van der Waals surface area contributed by atoms with Gasteiger partial charge in [0.25, 0.3) is 5.91 Å². The van der Waals surface area contributed by atoms with E-state index in [4.69, 9.17) is 5.73 Å². The van der Waals surface area contributed by atoms with Crippen molar-refractivity contribution >= 4 is 21.7 Å². The number of hydrogen-bond donors (Lipinski definition) is 3. The normalized spacial score (nSPS) is 15.9. The molecule has 2 aromatic rings. The molecule has 1 aromatic heterocycles. The highest BCUT2D eigenvalue weighted by molar-refractivity contribution is 7.91. The standard InChI is InChI=1S/C26H34F2N4O5S/c1-2-3-9-38(36,37)16-23(31-25(34)18-5-4-8-30-14-18)26(35)32(21-6-7-21)15-24(33)22(29)12-17-10-19(27)13-20(28)11-17/h4-5,8,10-11,13-14,21-24,33H,2-3,6-7,9,12,15-16,29H2,1H3,(H,31,34)/t22-,23+,24+/m0/s1. The molecule has 9 nitrogen and oxygen atoms in total. The molecule has 3 rings (SSSR count). The SMILES string of the molecule is CCCCS(=O)(=O)C[C@@H](NC(=O)c1cccnc1)C(=O)N(C[C@@H](O)[C@@H](N)Cc1cc(F)cc(F)c1)C1CC1. The highest BCUT2D eigenvalue weighted by Gasteiger charge is 2.39. The second kappa shape index (κ2) is 13.2. The molecule has 2 amide bonds. The average molecular weight is 553 g/mol. The number of pyridine rings is 1. The van der Waals surface area contributed by atoms with Crippen LogP contribution >= 0.6 is 0 Å². The number of sulfone groups is 1. The molecule has 12 heteroatoms. The van der Waals surface area contributed by atoms with Crippen LogP contribution in [0.2, 0.25) is 0 Å². The number of nitrogens with two attached hydrogens (primary N) is 1. The Morgan fingerprint density at radius 1 is 1.24 bits per heavy atom. The summed E-state index contributed by atoms with van der Waals surface area (Å²) in [6.07, 6.45) is 3.83. The molecule has 1 saturated carbocycles. The van der Waals surface area contributed by atoms with Crippen molar-refractivity contribution in [3.05, 3.63) is 65.5 Å². The van der Waals surface area contributed by atoms with Gasteiger partial charge in [-0.05, 0) is 55.5 Å². The first kappa shape index (κ1) is 29.6. The number of nitrogens with one attached hydrogen (secondary N) is 1. The minimum atomic E-state index is -3.68. The van der Waals surface area contributed by atoms with Crippen LogP contribution in [0, 0.1) is 11.6 Å². The molecule has 1 heterocycles. The van der Waals surface area contributed by atoms with Crippen molar-refractivity contribution in [2.75, 3.05) is 18.1 Å². The Balaban J connectivity index is 1.77. The zero-order chi connectivity index (χ0) is 27.9. The molecule has 0 bridgehead atoms. The van der Waals surface area contributed by atoms with Crippen molar-refractivity contribution in [2.45, 2.75) is 63.3 Å². The number of hydrogen-bond acceptors (Lipinski definition) is 7. The van der Waals surface area contributed by atoms with E-state index in [1.54, 1.807) is 6.07 Å². The van der Waals surface area contributed by atoms with Crippen LogP contribution in [0.5, 0.6) is 0 Å². The fourth-order valence-corrected chi connectivity index (χ4v) is 5.72. The largest absolute Gasteiger partial charge is 0.390 e. The van der Waals surface area contributed by atoms with Crippen LogP contribution in [0.3, 0.4) is 0 Å². The summed E-state index contributed by atoms with van der Waals surface area (Å²) in [7, 11) is -3.68. The lowest BCUT2D eigenvalue weighted by Gasteiger charge is -2.31. The van der Waals surface area contributed by atoms with Gasteiger partial charge in [0.05, 0.1) is 23.2 Å². The fraction of sp³-hybridized carbons (Fsp3) is 0.500. The second-order valence-corrected chi connectivity index (χ2v) is 11.9. The topological polar surface area (TPSA) is 143 Å². The number of unbranched alkanes of at least 4 members (excludes halogenated alkanes) is 1. The van der Waals surface area contributed by atoms with Gasteiger partial charge in [-0.3, -0.25) is 14.6 Å². The summed E-state index contributed by atoms with van der Waals surface area (Å²) in [5.41, 5.74) is 6.52. The number of nitrogens with zero attached hydrogens (tertiary/aromatic N) is 2. The fourth-order valence-electron chi connectivity index (χ4n) is 4.09. The predicted molar refractivity (Wildman–Crippen MR) is 138 cm³/mol. The van der Waals surface area contributed by atoms with Crippen LogP contribution < -0.4 is 11.1 Å². The molecule has 0 aliphatic heterocycles.